The van der Waals surface area contributed by atoms with Crippen molar-refractivity contribution in [2.75, 3.05) is 13.2 Å². The van der Waals surface area contributed by atoms with Crippen LogP contribution in [0.2, 0.25) is 0 Å². The van der Waals surface area contributed by atoms with Crippen LogP contribution in [0.3, 0.4) is 0 Å². The minimum atomic E-state index is -0.0762. The van der Waals surface area contributed by atoms with Crippen molar-refractivity contribution in [2.45, 2.75) is 19.3 Å². The number of benzene rings is 1. The van der Waals surface area contributed by atoms with Gasteiger partial charge in [-0.15, -0.1) is 0 Å². The molecule has 1 aliphatic rings. The van der Waals surface area contributed by atoms with Gasteiger partial charge in [-0.05, 0) is 23.6 Å². The van der Waals surface area contributed by atoms with Gasteiger partial charge < -0.3 is 4.74 Å². The van der Waals surface area contributed by atoms with E-state index in [0.29, 0.717) is 13.2 Å². The first kappa shape index (κ1) is 8.70. The molecule has 0 aromatic heterocycles. The van der Waals surface area contributed by atoms with E-state index in [2.05, 4.69) is 0 Å². The fraction of sp³-hybridized carbons (Fsp3) is 0.455. The van der Waals surface area contributed by atoms with Gasteiger partial charge in [-0.3, -0.25) is 0 Å². The Hall–Kier alpha value is -0.890. The molecule has 0 saturated carbocycles. The SMILES string of the molecule is CCc1ccc(C2COC2)c(F)c1. The Balaban J connectivity index is 2.26. The van der Waals surface area contributed by atoms with E-state index in [1.807, 2.05) is 19.1 Å². The predicted molar refractivity (Wildman–Crippen MR) is 49.3 cm³/mol. The topological polar surface area (TPSA) is 9.23 Å². The number of hydrogen-bond acceptors (Lipinski definition) is 1. The standard InChI is InChI=1S/C11H13FO/c1-2-8-3-4-10(11(12)5-8)9-6-13-7-9/h3-5,9H,2,6-7H2,1H3. The van der Waals surface area contributed by atoms with Gasteiger partial charge in [-0.25, -0.2) is 4.39 Å². The first-order valence-electron chi connectivity index (χ1n) is 4.67. The predicted octanol–water partition coefficient (Wildman–Crippen LogP) is 2.50. The molecular formula is C11H13FO. The summed E-state index contributed by atoms with van der Waals surface area (Å²) in [6.45, 7) is 3.37. The van der Waals surface area contributed by atoms with E-state index < -0.39 is 0 Å². The third-order valence-corrected chi connectivity index (χ3v) is 2.55. The Morgan fingerprint density at radius 2 is 2.23 bits per heavy atom. The quantitative estimate of drug-likeness (QED) is 0.679. The molecule has 0 amide bonds. The maximum atomic E-state index is 13.5. The molecule has 0 radical (unpaired) electrons. The Bertz CT molecular complexity index is 305. The summed E-state index contributed by atoms with van der Waals surface area (Å²) in [6.07, 6.45) is 0.887. The first-order chi connectivity index (χ1) is 6.31. The molecule has 0 spiro atoms. The minimum absolute atomic E-state index is 0.0762. The number of halogens is 1. The monoisotopic (exact) mass is 180 g/mol. The summed E-state index contributed by atoms with van der Waals surface area (Å²) in [4.78, 5) is 0. The smallest absolute Gasteiger partial charge is 0.127 e. The Morgan fingerprint density at radius 1 is 1.46 bits per heavy atom. The fourth-order valence-corrected chi connectivity index (χ4v) is 1.54. The Labute approximate surface area is 77.5 Å². The Kier molecular flexibility index (Phi) is 2.32. The molecular weight excluding hydrogens is 167 g/mol. The fourth-order valence-electron chi connectivity index (χ4n) is 1.54. The molecule has 2 heteroatoms. The zero-order chi connectivity index (χ0) is 9.26. The molecule has 13 heavy (non-hydrogen) atoms. The highest BCUT2D eigenvalue weighted by Gasteiger charge is 2.23. The highest BCUT2D eigenvalue weighted by molar-refractivity contribution is 5.28. The molecule has 0 unspecified atom stereocenters. The Morgan fingerprint density at radius 3 is 2.69 bits per heavy atom. The molecule has 1 heterocycles. The molecule has 1 fully saturated rings. The van der Waals surface area contributed by atoms with E-state index in [4.69, 9.17) is 4.74 Å². The summed E-state index contributed by atoms with van der Waals surface area (Å²) >= 11 is 0. The van der Waals surface area contributed by atoms with Gasteiger partial charge in [-0.1, -0.05) is 19.1 Å². The van der Waals surface area contributed by atoms with Crippen molar-refractivity contribution in [3.05, 3.63) is 35.1 Å². The summed E-state index contributed by atoms with van der Waals surface area (Å²) in [5, 5.41) is 0. The van der Waals surface area contributed by atoms with Gasteiger partial charge >= 0.3 is 0 Å². The summed E-state index contributed by atoms with van der Waals surface area (Å²) in [5.41, 5.74) is 1.87. The first-order valence-corrected chi connectivity index (χ1v) is 4.67. The highest BCUT2D eigenvalue weighted by atomic mass is 19.1. The number of rotatable bonds is 2. The van der Waals surface area contributed by atoms with Crippen molar-refractivity contribution in [1.82, 2.24) is 0 Å². The number of aryl methyl sites for hydroxylation is 1. The normalized spacial score (nSPS) is 17.1. The molecule has 0 atom stereocenters. The average Bonchev–Trinajstić information content (AvgIpc) is 2.05. The second-order valence-corrected chi connectivity index (χ2v) is 3.44. The number of hydrogen-bond donors (Lipinski definition) is 0. The third kappa shape index (κ3) is 1.59. The van der Waals surface area contributed by atoms with E-state index in [1.165, 1.54) is 0 Å². The van der Waals surface area contributed by atoms with Gasteiger partial charge in [0.15, 0.2) is 0 Å². The van der Waals surface area contributed by atoms with Crippen LogP contribution in [0.4, 0.5) is 4.39 Å². The van der Waals surface area contributed by atoms with Crippen molar-refractivity contribution in [3.63, 3.8) is 0 Å². The molecule has 0 bridgehead atoms. The average molecular weight is 180 g/mol. The van der Waals surface area contributed by atoms with Crippen LogP contribution in [0.15, 0.2) is 18.2 Å². The van der Waals surface area contributed by atoms with Crippen molar-refractivity contribution in [1.29, 1.82) is 0 Å². The van der Waals surface area contributed by atoms with Crippen LogP contribution in [-0.2, 0) is 11.2 Å². The van der Waals surface area contributed by atoms with E-state index in [1.54, 1.807) is 6.07 Å². The molecule has 0 N–H and O–H groups in total. The van der Waals surface area contributed by atoms with Gasteiger partial charge in [0.1, 0.15) is 5.82 Å². The summed E-state index contributed by atoms with van der Waals surface area (Å²) < 4.78 is 18.5. The van der Waals surface area contributed by atoms with Crippen molar-refractivity contribution in [3.8, 4) is 0 Å². The van der Waals surface area contributed by atoms with E-state index >= 15 is 0 Å². The van der Waals surface area contributed by atoms with Crippen LogP contribution in [-0.4, -0.2) is 13.2 Å². The lowest BCUT2D eigenvalue weighted by atomic mass is 9.95. The van der Waals surface area contributed by atoms with Gasteiger partial charge in [0, 0.05) is 5.92 Å². The van der Waals surface area contributed by atoms with Gasteiger partial charge in [0.2, 0.25) is 0 Å². The second kappa shape index (κ2) is 3.46. The summed E-state index contributed by atoms with van der Waals surface area (Å²) in [6, 6.07) is 5.52. The maximum Gasteiger partial charge on any atom is 0.127 e. The van der Waals surface area contributed by atoms with Crippen molar-refractivity contribution in [2.24, 2.45) is 0 Å². The van der Waals surface area contributed by atoms with Crippen LogP contribution >= 0.6 is 0 Å². The molecule has 1 aliphatic heterocycles. The highest BCUT2D eigenvalue weighted by Crippen LogP contribution is 2.26. The molecule has 1 saturated heterocycles. The van der Waals surface area contributed by atoms with Crippen molar-refractivity contribution >= 4 is 0 Å². The van der Waals surface area contributed by atoms with Gasteiger partial charge in [0.05, 0.1) is 13.2 Å². The molecule has 1 aromatic carbocycles. The van der Waals surface area contributed by atoms with E-state index in [9.17, 15) is 4.39 Å². The van der Waals surface area contributed by atoms with Crippen LogP contribution < -0.4 is 0 Å². The lowest BCUT2D eigenvalue weighted by Crippen LogP contribution is -2.26. The molecule has 1 aromatic rings. The van der Waals surface area contributed by atoms with Crippen LogP contribution in [0.25, 0.3) is 0 Å². The van der Waals surface area contributed by atoms with Crippen LogP contribution in [0, 0.1) is 5.82 Å². The zero-order valence-electron chi connectivity index (χ0n) is 7.72. The van der Waals surface area contributed by atoms with Gasteiger partial charge in [-0.2, -0.15) is 0 Å². The lowest BCUT2D eigenvalue weighted by molar-refractivity contribution is 0.00702. The molecule has 1 nitrogen and oxygen atoms in total. The maximum absolute atomic E-state index is 13.5. The molecule has 0 aliphatic carbocycles. The molecule has 2 rings (SSSR count). The largest absolute Gasteiger partial charge is 0.380 e. The summed E-state index contributed by atoms with van der Waals surface area (Å²) in [7, 11) is 0. The van der Waals surface area contributed by atoms with Crippen LogP contribution in [0.1, 0.15) is 24.0 Å². The van der Waals surface area contributed by atoms with E-state index in [0.717, 1.165) is 17.5 Å². The van der Waals surface area contributed by atoms with Crippen LogP contribution in [0.5, 0.6) is 0 Å². The summed E-state index contributed by atoms with van der Waals surface area (Å²) in [5.74, 6) is 0.207. The molecule has 70 valence electrons. The van der Waals surface area contributed by atoms with Gasteiger partial charge in [0.25, 0.3) is 0 Å². The zero-order valence-corrected chi connectivity index (χ0v) is 7.72. The second-order valence-electron chi connectivity index (χ2n) is 3.44. The lowest BCUT2D eigenvalue weighted by Gasteiger charge is -2.26. The number of ether oxygens (including phenoxy) is 1. The minimum Gasteiger partial charge on any atom is -0.380 e. The van der Waals surface area contributed by atoms with E-state index in [-0.39, 0.29) is 11.7 Å². The van der Waals surface area contributed by atoms with Crippen molar-refractivity contribution < 1.29 is 9.13 Å². The third-order valence-electron chi connectivity index (χ3n) is 2.55.